The summed E-state index contributed by atoms with van der Waals surface area (Å²) in [5.74, 6) is -0.755. The number of amides is 2. The Morgan fingerprint density at radius 1 is 0.778 bits per heavy atom. The number of carbonyl (C=O) groups excluding carboxylic acids is 2. The minimum absolute atomic E-state index is 0.125. The van der Waals surface area contributed by atoms with Crippen LogP contribution in [-0.2, 0) is 9.59 Å². The molecule has 1 aliphatic heterocycles. The van der Waals surface area contributed by atoms with E-state index in [1.165, 1.54) is 5.01 Å². The normalized spacial score (nSPS) is 15.3. The van der Waals surface area contributed by atoms with Gasteiger partial charge in [0.05, 0.1) is 5.69 Å². The molecule has 0 bridgehead atoms. The second kappa shape index (κ2) is 7.51. The van der Waals surface area contributed by atoms with E-state index in [4.69, 9.17) is 0 Å². The van der Waals surface area contributed by atoms with Gasteiger partial charge in [0.1, 0.15) is 5.57 Å². The Hall–Kier alpha value is -3.31. The third kappa shape index (κ3) is 3.64. The number of para-hydroxylation sites is 1. The summed E-state index contributed by atoms with van der Waals surface area (Å²) in [5, 5.41) is 1.28. The Labute approximate surface area is 161 Å². The summed E-state index contributed by atoms with van der Waals surface area (Å²) in [6.07, 6.45) is 1.66. The van der Waals surface area contributed by atoms with Crippen molar-refractivity contribution in [3.63, 3.8) is 0 Å². The number of carbonyl (C=O) groups is 2. The number of nitrogens with one attached hydrogen (secondary N) is 1. The van der Waals surface area contributed by atoms with Crippen molar-refractivity contribution >= 4 is 35.3 Å². The Bertz CT molecular complexity index is 1020. The lowest BCUT2D eigenvalue weighted by Crippen LogP contribution is -2.35. The predicted molar refractivity (Wildman–Crippen MR) is 107 cm³/mol. The molecule has 1 saturated heterocycles. The van der Waals surface area contributed by atoms with Gasteiger partial charge in [-0.05, 0) is 42.0 Å². The monoisotopic (exact) mass is 372 g/mol. The molecule has 3 aromatic rings. The van der Waals surface area contributed by atoms with Crippen LogP contribution in [0.1, 0.15) is 5.56 Å². The topological polar surface area (TPSA) is 49.4 Å². The van der Waals surface area contributed by atoms with Crippen molar-refractivity contribution in [2.45, 2.75) is 9.79 Å². The highest BCUT2D eigenvalue weighted by atomic mass is 32.2. The molecule has 3 aromatic carbocycles. The molecule has 1 fully saturated rings. The fourth-order valence-electron chi connectivity index (χ4n) is 2.78. The van der Waals surface area contributed by atoms with E-state index >= 15 is 0 Å². The van der Waals surface area contributed by atoms with Gasteiger partial charge in [-0.3, -0.25) is 15.0 Å². The van der Waals surface area contributed by atoms with E-state index < -0.39 is 5.91 Å². The maximum absolute atomic E-state index is 12.8. The Morgan fingerprint density at radius 2 is 1.41 bits per heavy atom. The van der Waals surface area contributed by atoms with Crippen LogP contribution in [0.5, 0.6) is 0 Å². The zero-order valence-corrected chi connectivity index (χ0v) is 15.1. The van der Waals surface area contributed by atoms with Gasteiger partial charge in [-0.25, -0.2) is 5.01 Å². The van der Waals surface area contributed by atoms with Gasteiger partial charge in [-0.15, -0.1) is 0 Å². The van der Waals surface area contributed by atoms with Gasteiger partial charge in [0.2, 0.25) is 0 Å². The van der Waals surface area contributed by atoms with Crippen molar-refractivity contribution in [1.82, 2.24) is 5.43 Å². The number of rotatable bonds is 4. The van der Waals surface area contributed by atoms with Gasteiger partial charge in [0.15, 0.2) is 0 Å². The van der Waals surface area contributed by atoms with Crippen LogP contribution in [0.4, 0.5) is 5.69 Å². The highest BCUT2D eigenvalue weighted by molar-refractivity contribution is 7.99. The smallest absolute Gasteiger partial charge is 0.267 e. The van der Waals surface area contributed by atoms with Crippen molar-refractivity contribution in [2.24, 2.45) is 0 Å². The molecular weight excluding hydrogens is 356 g/mol. The predicted octanol–water partition coefficient (Wildman–Crippen LogP) is 4.30. The van der Waals surface area contributed by atoms with Crippen molar-refractivity contribution in [1.29, 1.82) is 0 Å². The molecule has 0 aliphatic carbocycles. The lowest BCUT2D eigenvalue weighted by molar-refractivity contribution is -0.117. The van der Waals surface area contributed by atoms with Crippen LogP contribution in [0.2, 0.25) is 0 Å². The van der Waals surface area contributed by atoms with Crippen molar-refractivity contribution in [3.8, 4) is 0 Å². The summed E-state index contributed by atoms with van der Waals surface area (Å²) in [5.41, 5.74) is 4.22. The van der Waals surface area contributed by atoms with Gasteiger partial charge in [0, 0.05) is 9.79 Å². The first kappa shape index (κ1) is 17.1. The fraction of sp³-hybridized carbons (Fsp3) is 0. The molecule has 27 heavy (non-hydrogen) atoms. The number of anilines is 1. The third-order valence-corrected chi connectivity index (χ3v) is 5.20. The van der Waals surface area contributed by atoms with Gasteiger partial charge >= 0.3 is 0 Å². The number of hydrogen-bond donors (Lipinski definition) is 1. The highest BCUT2D eigenvalue weighted by Gasteiger charge is 2.34. The maximum atomic E-state index is 12.8. The molecule has 2 amide bonds. The maximum Gasteiger partial charge on any atom is 0.282 e. The standard InChI is InChI=1S/C22H16N2O2S/c25-21-19(22(26)24(23-21)17-10-3-1-4-11-17)15-16-9-7-8-14-20(16)27-18-12-5-2-6-13-18/h1-15H,(H,23,25)/b19-15-. The average Bonchev–Trinajstić information content (AvgIpc) is 2.99. The Balaban J connectivity index is 1.66. The first-order valence-electron chi connectivity index (χ1n) is 8.46. The molecule has 0 atom stereocenters. The van der Waals surface area contributed by atoms with Crippen LogP contribution >= 0.6 is 11.8 Å². The van der Waals surface area contributed by atoms with Gasteiger partial charge in [-0.1, -0.05) is 66.4 Å². The highest BCUT2D eigenvalue weighted by Crippen LogP contribution is 2.32. The molecule has 4 rings (SSSR count). The molecule has 1 N–H and O–H groups in total. The summed E-state index contributed by atoms with van der Waals surface area (Å²) in [7, 11) is 0. The zero-order valence-electron chi connectivity index (χ0n) is 14.3. The molecule has 132 valence electrons. The molecule has 5 heteroatoms. The van der Waals surface area contributed by atoms with Gasteiger partial charge in [-0.2, -0.15) is 0 Å². The van der Waals surface area contributed by atoms with Crippen molar-refractivity contribution in [2.75, 3.05) is 5.01 Å². The molecule has 1 heterocycles. The number of benzene rings is 3. The van der Waals surface area contributed by atoms with E-state index in [9.17, 15) is 9.59 Å². The van der Waals surface area contributed by atoms with E-state index in [-0.39, 0.29) is 11.5 Å². The average molecular weight is 372 g/mol. The quantitative estimate of drug-likeness (QED) is 0.549. The molecule has 1 aliphatic rings. The molecule has 0 radical (unpaired) electrons. The summed E-state index contributed by atoms with van der Waals surface area (Å²) in [6, 6.07) is 26.8. The largest absolute Gasteiger partial charge is 0.282 e. The summed E-state index contributed by atoms with van der Waals surface area (Å²) < 4.78 is 0. The number of hydrogen-bond acceptors (Lipinski definition) is 3. The summed E-state index contributed by atoms with van der Waals surface area (Å²) in [4.78, 5) is 27.2. The van der Waals surface area contributed by atoms with Crippen LogP contribution in [0.25, 0.3) is 6.08 Å². The Morgan fingerprint density at radius 3 is 2.15 bits per heavy atom. The lowest BCUT2D eigenvalue weighted by Gasteiger charge is -2.13. The second-order valence-electron chi connectivity index (χ2n) is 5.93. The van der Waals surface area contributed by atoms with E-state index in [0.29, 0.717) is 5.69 Å². The van der Waals surface area contributed by atoms with Crippen molar-refractivity contribution < 1.29 is 9.59 Å². The van der Waals surface area contributed by atoms with E-state index in [0.717, 1.165) is 15.4 Å². The summed E-state index contributed by atoms with van der Waals surface area (Å²) in [6.45, 7) is 0. The molecular formula is C22H16N2O2S. The van der Waals surface area contributed by atoms with E-state index in [2.05, 4.69) is 5.43 Å². The molecule has 0 unspecified atom stereocenters. The first-order chi connectivity index (χ1) is 13.2. The minimum Gasteiger partial charge on any atom is -0.267 e. The van der Waals surface area contributed by atoms with Crippen LogP contribution in [-0.4, -0.2) is 11.8 Å². The van der Waals surface area contributed by atoms with Crippen LogP contribution in [0.15, 0.2) is 100 Å². The van der Waals surface area contributed by atoms with Crippen LogP contribution in [0, 0.1) is 0 Å². The second-order valence-corrected chi connectivity index (χ2v) is 7.04. The molecule has 0 spiro atoms. The van der Waals surface area contributed by atoms with E-state index in [1.807, 2.05) is 72.8 Å². The van der Waals surface area contributed by atoms with Gasteiger partial charge in [0.25, 0.3) is 11.8 Å². The van der Waals surface area contributed by atoms with Crippen LogP contribution < -0.4 is 10.4 Å². The molecule has 0 aromatic heterocycles. The fourth-order valence-corrected chi connectivity index (χ4v) is 3.72. The third-order valence-electron chi connectivity index (χ3n) is 4.10. The molecule has 0 saturated carbocycles. The Kier molecular flexibility index (Phi) is 4.77. The van der Waals surface area contributed by atoms with Crippen molar-refractivity contribution in [3.05, 3.63) is 96.1 Å². The SMILES string of the molecule is O=C1NN(c2ccccc2)C(=O)/C1=C\c1ccccc1Sc1ccccc1. The number of nitrogens with zero attached hydrogens (tertiary/aromatic N) is 1. The minimum atomic E-state index is -0.400. The van der Waals surface area contributed by atoms with Crippen LogP contribution in [0.3, 0.4) is 0 Å². The summed E-state index contributed by atoms with van der Waals surface area (Å²) >= 11 is 1.60. The first-order valence-corrected chi connectivity index (χ1v) is 9.28. The van der Waals surface area contributed by atoms with Gasteiger partial charge < -0.3 is 0 Å². The lowest BCUT2D eigenvalue weighted by atomic mass is 10.1. The molecule has 4 nitrogen and oxygen atoms in total. The zero-order chi connectivity index (χ0) is 18.6. The van der Waals surface area contributed by atoms with E-state index in [1.54, 1.807) is 30.0 Å². The number of hydrazine groups is 1.